The van der Waals surface area contributed by atoms with Gasteiger partial charge >= 0.3 is 6.09 Å². The van der Waals surface area contributed by atoms with Crippen LogP contribution in [-0.2, 0) is 20.7 Å². The van der Waals surface area contributed by atoms with Gasteiger partial charge in [0.25, 0.3) is 0 Å². The third-order valence-electron chi connectivity index (χ3n) is 4.29. The molecule has 0 bridgehead atoms. The molecule has 0 aliphatic carbocycles. The third kappa shape index (κ3) is 3.21. The number of piperidine rings is 1. The van der Waals surface area contributed by atoms with E-state index in [1.165, 1.54) is 10.5 Å². The molecule has 6 heteroatoms. The lowest BCUT2D eigenvalue weighted by atomic mass is 10.0. The van der Waals surface area contributed by atoms with Gasteiger partial charge in [0.2, 0.25) is 11.8 Å². The predicted octanol–water partition coefficient (Wildman–Crippen LogP) is 1.94. The summed E-state index contributed by atoms with van der Waals surface area (Å²) in [5, 5.41) is 2.28. The van der Waals surface area contributed by atoms with Gasteiger partial charge in [-0.15, -0.1) is 0 Å². The highest BCUT2D eigenvalue weighted by molar-refractivity contribution is 6.01. The van der Waals surface area contributed by atoms with E-state index < -0.39 is 18.0 Å². The number of hydrogen-bond donors (Lipinski definition) is 1. The Kier molecular flexibility index (Phi) is 4.32. The Morgan fingerprint density at radius 3 is 2.87 bits per heavy atom. The molecule has 3 rings (SSSR count). The van der Waals surface area contributed by atoms with E-state index in [-0.39, 0.29) is 18.4 Å². The molecule has 2 saturated heterocycles. The van der Waals surface area contributed by atoms with Crippen LogP contribution in [0.25, 0.3) is 0 Å². The SMILES string of the molecule is CCCc1cccc([C@H]2CN(C3CCC(=O)NC3=O)C(=O)O2)c1. The van der Waals surface area contributed by atoms with Crippen LogP contribution in [0.2, 0.25) is 0 Å². The fraction of sp³-hybridized carbons (Fsp3) is 0.471. The third-order valence-corrected chi connectivity index (χ3v) is 4.29. The van der Waals surface area contributed by atoms with E-state index in [0.29, 0.717) is 13.0 Å². The number of nitrogens with zero attached hydrogens (tertiary/aromatic N) is 1. The number of aryl methyl sites for hydroxylation is 1. The molecule has 1 unspecified atom stereocenters. The molecule has 1 aromatic rings. The number of nitrogens with one attached hydrogen (secondary N) is 1. The molecule has 2 aliphatic heterocycles. The molecule has 1 aromatic carbocycles. The summed E-state index contributed by atoms with van der Waals surface area (Å²) in [6.45, 7) is 2.45. The fourth-order valence-corrected chi connectivity index (χ4v) is 3.12. The number of hydrogen-bond acceptors (Lipinski definition) is 4. The maximum atomic E-state index is 12.1. The van der Waals surface area contributed by atoms with Crippen LogP contribution < -0.4 is 5.32 Å². The van der Waals surface area contributed by atoms with Gasteiger partial charge in [-0.25, -0.2) is 4.79 Å². The van der Waals surface area contributed by atoms with Gasteiger partial charge in [0, 0.05) is 6.42 Å². The van der Waals surface area contributed by atoms with Crippen molar-refractivity contribution in [3.63, 3.8) is 0 Å². The summed E-state index contributed by atoms with van der Waals surface area (Å²) < 4.78 is 5.44. The van der Waals surface area contributed by atoms with Gasteiger partial charge in [-0.05, 0) is 24.0 Å². The Balaban J connectivity index is 1.73. The van der Waals surface area contributed by atoms with Crippen LogP contribution in [0.15, 0.2) is 24.3 Å². The van der Waals surface area contributed by atoms with Crippen molar-refractivity contribution in [1.82, 2.24) is 10.2 Å². The second kappa shape index (κ2) is 6.40. The Bertz CT molecular complexity index is 643. The van der Waals surface area contributed by atoms with E-state index in [1.807, 2.05) is 12.1 Å². The summed E-state index contributed by atoms with van der Waals surface area (Å²) >= 11 is 0. The number of amides is 3. The minimum absolute atomic E-state index is 0.247. The van der Waals surface area contributed by atoms with E-state index in [2.05, 4.69) is 24.4 Å². The van der Waals surface area contributed by atoms with Gasteiger partial charge in [0.1, 0.15) is 12.1 Å². The first-order chi connectivity index (χ1) is 11.1. The highest BCUT2D eigenvalue weighted by atomic mass is 16.6. The molecule has 2 aliphatic rings. The molecule has 2 atom stereocenters. The zero-order chi connectivity index (χ0) is 16.4. The summed E-state index contributed by atoms with van der Waals surface area (Å²) in [6, 6.07) is 7.38. The Morgan fingerprint density at radius 1 is 1.30 bits per heavy atom. The lowest BCUT2D eigenvalue weighted by Crippen LogP contribution is -2.52. The van der Waals surface area contributed by atoms with E-state index in [9.17, 15) is 14.4 Å². The summed E-state index contributed by atoms with van der Waals surface area (Å²) in [4.78, 5) is 36.7. The standard InChI is InChI=1S/C17H20N2O4/c1-2-4-11-5-3-6-12(9-11)14-10-19(17(22)23-14)13-7-8-15(20)18-16(13)21/h3,5-6,9,13-14H,2,4,7-8,10H2,1H3,(H,18,20,21)/t13?,14-/m1/s1. The number of ether oxygens (including phenoxy) is 1. The van der Waals surface area contributed by atoms with Gasteiger partial charge in [-0.2, -0.15) is 0 Å². The first-order valence-electron chi connectivity index (χ1n) is 7.98. The summed E-state index contributed by atoms with van der Waals surface area (Å²) in [6.07, 6.45) is 1.76. The highest BCUT2D eigenvalue weighted by Crippen LogP contribution is 2.30. The van der Waals surface area contributed by atoms with Crippen LogP contribution in [0.1, 0.15) is 43.4 Å². The van der Waals surface area contributed by atoms with E-state index in [1.54, 1.807) is 0 Å². The number of rotatable bonds is 4. The molecular formula is C17H20N2O4. The molecular weight excluding hydrogens is 296 g/mol. The minimum atomic E-state index is -0.621. The molecule has 0 radical (unpaired) electrons. The van der Waals surface area contributed by atoms with Crippen LogP contribution >= 0.6 is 0 Å². The molecule has 23 heavy (non-hydrogen) atoms. The lowest BCUT2D eigenvalue weighted by molar-refractivity contribution is -0.136. The quantitative estimate of drug-likeness (QED) is 0.861. The fourth-order valence-electron chi connectivity index (χ4n) is 3.12. The number of imide groups is 1. The largest absolute Gasteiger partial charge is 0.439 e. The van der Waals surface area contributed by atoms with E-state index in [4.69, 9.17) is 4.74 Å². The molecule has 0 aromatic heterocycles. The number of benzene rings is 1. The van der Waals surface area contributed by atoms with Crippen LogP contribution in [0.4, 0.5) is 4.79 Å². The van der Waals surface area contributed by atoms with E-state index >= 15 is 0 Å². The summed E-state index contributed by atoms with van der Waals surface area (Å²) in [7, 11) is 0. The number of carbonyl (C=O) groups excluding carboxylic acids is 3. The highest BCUT2D eigenvalue weighted by Gasteiger charge is 2.41. The average Bonchev–Trinajstić information content (AvgIpc) is 2.90. The monoisotopic (exact) mass is 316 g/mol. The maximum absolute atomic E-state index is 12.1. The van der Waals surface area contributed by atoms with Crippen LogP contribution in [-0.4, -0.2) is 35.4 Å². The van der Waals surface area contributed by atoms with E-state index in [0.717, 1.165) is 18.4 Å². The predicted molar refractivity (Wildman–Crippen MR) is 82.5 cm³/mol. The number of carbonyl (C=O) groups is 3. The molecule has 0 saturated carbocycles. The Morgan fingerprint density at radius 2 is 2.13 bits per heavy atom. The lowest BCUT2D eigenvalue weighted by Gasteiger charge is -2.27. The van der Waals surface area contributed by atoms with Crippen molar-refractivity contribution in [2.24, 2.45) is 0 Å². The molecule has 1 N–H and O–H groups in total. The normalized spacial score (nSPS) is 24.6. The first-order valence-corrected chi connectivity index (χ1v) is 7.98. The van der Waals surface area contributed by atoms with Crippen LogP contribution in [0.5, 0.6) is 0 Å². The second-order valence-corrected chi connectivity index (χ2v) is 5.99. The molecule has 2 heterocycles. The first kappa shape index (κ1) is 15.5. The Labute approximate surface area is 134 Å². The second-order valence-electron chi connectivity index (χ2n) is 5.99. The van der Waals surface area contributed by atoms with Crippen molar-refractivity contribution < 1.29 is 19.1 Å². The van der Waals surface area contributed by atoms with Gasteiger partial charge in [0.15, 0.2) is 0 Å². The topological polar surface area (TPSA) is 75.7 Å². The van der Waals surface area contributed by atoms with Crippen molar-refractivity contribution in [3.8, 4) is 0 Å². The van der Waals surface area contributed by atoms with Gasteiger partial charge < -0.3 is 4.74 Å². The van der Waals surface area contributed by atoms with Gasteiger partial charge in [-0.3, -0.25) is 19.8 Å². The van der Waals surface area contributed by atoms with Crippen LogP contribution in [0, 0.1) is 0 Å². The average molecular weight is 316 g/mol. The van der Waals surface area contributed by atoms with Crippen LogP contribution in [0.3, 0.4) is 0 Å². The molecule has 2 fully saturated rings. The zero-order valence-corrected chi connectivity index (χ0v) is 13.1. The molecule has 122 valence electrons. The van der Waals surface area contributed by atoms with Crippen molar-refractivity contribution in [1.29, 1.82) is 0 Å². The van der Waals surface area contributed by atoms with Crippen molar-refractivity contribution in [2.45, 2.75) is 44.8 Å². The summed E-state index contributed by atoms with van der Waals surface area (Å²) in [5.74, 6) is -0.707. The smallest absolute Gasteiger partial charge is 0.411 e. The molecule has 0 spiro atoms. The van der Waals surface area contributed by atoms with Crippen molar-refractivity contribution in [2.75, 3.05) is 6.54 Å². The maximum Gasteiger partial charge on any atom is 0.411 e. The number of cyclic esters (lactones) is 1. The summed E-state index contributed by atoms with van der Waals surface area (Å²) in [5.41, 5.74) is 2.15. The van der Waals surface area contributed by atoms with Gasteiger partial charge in [0.05, 0.1) is 6.54 Å². The van der Waals surface area contributed by atoms with Crippen molar-refractivity contribution in [3.05, 3.63) is 35.4 Å². The molecule has 6 nitrogen and oxygen atoms in total. The van der Waals surface area contributed by atoms with Gasteiger partial charge in [-0.1, -0.05) is 37.6 Å². The van der Waals surface area contributed by atoms with Crippen molar-refractivity contribution >= 4 is 17.9 Å². The minimum Gasteiger partial charge on any atom is -0.439 e. The molecule has 3 amide bonds. The zero-order valence-electron chi connectivity index (χ0n) is 13.1. The Hall–Kier alpha value is -2.37.